The van der Waals surface area contributed by atoms with Crippen LogP contribution < -0.4 is 5.73 Å². The molecule has 0 fully saturated rings. The van der Waals surface area contributed by atoms with Gasteiger partial charge in [0.25, 0.3) is 0 Å². The minimum atomic E-state index is -0.354. The van der Waals surface area contributed by atoms with Gasteiger partial charge in [0.1, 0.15) is 5.52 Å². The number of hydrogen-bond donors (Lipinski definition) is 1. The lowest BCUT2D eigenvalue weighted by Crippen LogP contribution is -2.13. The second-order valence-corrected chi connectivity index (χ2v) is 3.75. The molecule has 1 aromatic carbocycles. The van der Waals surface area contributed by atoms with E-state index < -0.39 is 0 Å². The van der Waals surface area contributed by atoms with Crippen molar-refractivity contribution >= 4 is 17.0 Å². The van der Waals surface area contributed by atoms with Crippen LogP contribution in [0.2, 0.25) is 0 Å². The Morgan fingerprint density at radius 1 is 1.56 bits per heavy atom. The molecule has 1 unspecified atom stereocenters. The van der Waals surface area contributed by atoms with Gasteiger partial charge in [0.15, 0.2) is 5.82 Å². The number of benzene rings is 1. The number of imidazole rings is 1. The number of rotatable bonds is 3. The van der Waals surface area contributed by atoms with Gasteiger partial charge in [-0.2, -0.15) is 0 Å². The predicted molar refractivity (Wildman–Crippen MR) is 60.7 cm³/mol. The Labute approximate surface area is 92.8 Å². The Kier molecular flexibility index (Phi) is 2.78. The van der Waals surface area contributed by atoms with Crippen LogP contribution in [0.3, 0.4) is 0 Å². The first-order valence-corrected chi connectivity index (χ1v) is 5.06. The van der Waals surface area contributed by atoms with Crippen molar-refractivity contribution in [3.63, 3.8) is 0 Å². The average Bonchev–Trinajstić information content (AvgIpc) is 2.56. The van der Waals surface area contributed by atoms with Crippen LogP contribution in [0, 0.1) is 5.82 Å². The van der Waals surface area contributed by atoms with Gasteiger partial charge in [-0.25, -0.2) is 9.37 Å². The summed E-state index contributed by atoms with van der Waals surface area (Å²) in [7, 11) is 1.62. The van der Waals surface area contributed by atoms with E-state index in [2.05, 4.69) is 4.98 Å². The van der Waals surface area contributed by atoms with Crippen LogP contribution in [0.1, 0.15) is 13.0 Å². The Morgan fingerprint density at radius 2 is 2.31 bits per heavy atom. The van der Waals surface area contributed by atoms with Gasteiger partial charge < -0.3 is 15.0 Å². The third-order valence-electron chi connectivity index (χ3n) is 2.55. The number of anilines is 1. The molecule has 2 N–H and O–H groups in total. The fraction of sp³-hybridized carbons (Fsp3) is 0.364. The first-order chi connectivity index (χ1) is 7.65. The lowest BCUT2D eigenvalue weighted by molar-refractivity contribution is 0.164. The molecule has 0 aliphatic carbocycles. The zero-order chi connectivity index (χ0) is 11.7. The zero-order valence-electron chi connectivity index (χ0n) is 9.27. The van der Waals surface area contributed by atoms with Crippen LogP contribution in [-0.4, -0.2) is 23.3 Å². The van der Waals surface area contributed by atoms with Crippen LogP contribution in [0.15, 0.2) is 18.2 Å². The largest absolute Gasteiger partial charge is 0.383 e. The van der Waals surface area contributed by atoms with Gasteiger partial charge in [0, 0.05) is 7.11 Å². The Balaban J connectivity index is 2.60. The number of ether oxygens (including phenoxy) is 1. The zero-order valence-corrected chi connectivity index (χ0v) is 9.27. The number of aromatic nitrogens is 2. The molecular weight excluding hydrogens is 209 g/mol. The van der Waals surface area contributed by atoms with E-state index in [1.807, 2.05) is 6.92 Å². The molecule has 0 amide bonds. The number of fused-ring (bicyclic) bond motifs is 1. The summed E-state index contributed by atoms with van der Waals surface area (Å²) in [4.78, 5) is 4.03. The lowest BCUT2D eigenvalue weighted by atomic mass is 10.3. The first-order valence-electron chi connectivity index (χ1n) is 5.06. The number of methoxy groups -OCH3 is 1. The molecule has 1 aromatic heterocycles. The predicted octanol–water partition coefficient (Wildman–Crippen LogP) is 1.96. The first kappa shape index (κ1) is 10.9. The molecule has 0 spiro atoms. The second-order valence-electron chi connectivity index (χ2n) is 3.75. The van der Waals surface area contributed by atoms with Crippen molar-refractivity contribution in [2.75, 3.05) is 19.5 Å². The van der Waals surface area contributed by atoms with Crippen molar-refractivity contribution in [1.82, 2.24) is 9.55 Å². The van der Waals surface area contributed by atoms with E-state index in [1.165, 1.54) is 6.07 Å². The summed E-state index contributed by atoms with van der Waals surface area (Å²) in [6.07, 6.45) is 0. The van der Waals surface area contributed by atoms with Crippen molar-refractivity contribution in [3.8, 4) is 0 Å². The van der Waals surface area contributed by atoms with E-state index in [9.17, 15) is 4.39 Å². The minimum Gasteiger partial charge on any atom is -0.383 e. The molecule has 0 saturated carbocycles. The molecule has 16 heavy (non-hydrogen) atoms. The van der Waals surface area contributed by atoms with E-state index >= 15 is 0 Å². The molecule has 0 bridgehead atoms. The molecule has 0 radical (unpaired) electrons. The minimum absolute atomic E-state index is 0.0248. The van der Waals surface area contributed by atoms with E-state index in [1.54, 1.807) is 23.8 Å². The third kappa shape index (κ3) is 1.63. The van der Waals surface area contributed by atoms with Crippen molar-refractivity contribution in [2.45, 2.75) is 13.0 Å². The summed E-state index contributed by atoms with van der Waals surface area (Å²) < 4.78 is 20.3. The van der Waals surface area contributed by atoms with Crippen LogP contribution in [0.25, 0.3) is 11.0 Å². The number of nitrogens with zero attached hydrogens (tertiary/aromatic N) is 2. The highest BCUT2D eigenvalue weighted by Crippen LogP contribution is 2.24. The normalized spacial score (nSPS) is 13.2. The van der Waals surface area contributed by atoms with E-state index in [0.29, 0.717) is 23.6 Å². The Morgan fingerprint density at radius 3 is 3.00 bits per heavy atom. The van der Waals surface area contributed by atoms with E-state index in [0.717, 1.165) is 0 Å². The SMILES string of the molecule is COCC(C)n1c(N)nc2c(F)cccc21. The second kappa shape index (κ2) is 4.09. The standard InChI is InChI=1S/C11H14FN3O/c1-7(6-16-2)15-9-5-3-4-8(12)10(9)14-11(15)13/h3-5,7H,6H2,1-2H3,(H2,13,14). The van der Waals surface area contributed by atoms with Crippen molar-refractivity contribution in [1.29, 1.82) is 0 Å². The summed E-state index contributed by atoms with van der Waals surface area (Å²) in [6, 6.07) is 4.85. The smallest absolute Gasteiger partial charge is 0.201 e. The maximum Gasteiger partial charge on any atom is 0.201 e. The summed E-state index contributed by atoms with van der Waals surface area (Å²) >= 11 is 0. The van der Waals surface area contributed by atoms with Crippen molar-refractivity contribution in [3.05, 3.63) is 24.0 Å². The van der Waals surface area contributed by atoms with Gasteiger partial charge >= 0.3 is 0 Å². The lowest BCUT2D eigenvalue weighted by Gasteiger charge is -2.14. The molecule has 86 valence electrons. The topological polar surface area (TPSA) is 53.1 Å². The fourth-order valence-electron chi connectivity index (χ4n) is 1.88. The molecule has 5 heteroatoms. The van der Waals surface area contributed by atoms with E-state index in [-0.39, 0.29) is 11.9 Å². The van der Waals surface area contributed by atoms with Gasteiger partial charge in [-0.05, 0) is 19.1 Å². The highest BCUT2D eigenvalue weighted by Gasteiger charge is 2.15. The fourth-order valence-corrected chi connectivity index (χ4v) is 1.88. The highest BCUT2D eigenvalue weighted by atomic mass is 19.1. The molecule has 1 heterocycles. The quantitative estimate of drug-likeness (QED) is 0.865. The Bertz CT molecular complexity index is 509. The summed E-state index contributed by atoms with van der Waals surface area (Å²) in [5.74, 6) is -0.0442. The number of para-hydroxylation sites is 1. The van der Waals surface area contributed by atoms with Crippen molar-refractivity contribution in [2.24, 2.45) is 0 Å². The average molecular weight is 223 g/mol. The maximum absolute atomic E-state index is 13.5. The summed E-state index contributed by atoms with van der Waals surface area (Å²) in [6.45, 7) is 2.46. The van der Waals surface area contributed by atoms with Gasteiger partial charge in [-0.15, -0.1) is 0 Å². The van der Waals surface area contributed by atoms with Crippen LogP contribution >= 0.6 is 0 Å². The number of nitrogen functional groups attached to an aromatic ring is 1. The highest BCUT2D eigenvalue weighted by molar-refractivity contribution is 5.79. The maximum atomic E-state index is 13.5. The van der Waals surface area contributed by atoms with Crippen LogP contribution in [0.4, 0.5) is 10.3 Å². The van der Waals surface area contributed by atoms with E-state index in [4.69, 9.17) is 10.5 Å². The molecule has 2 aromatic rings. The number of nitrogens with two attached hydrogens (primary N) is 1. The van der Waals surface area contributed by atoms with Gasteiger partial charge in [0.05, 0.1) is 18.2 Å². The summed E-state index contributed by atoms with van der Waals surface area (Å²) in [5.41, 5.74) is 6.79. The molecule has 4 nitrogen and oxygen atoms in total. The Hall–Kier alpha value is -1.62. The molecule has 1 atom stereocenters. The molecule has 0 saturated heterocycles. The number of halogens is 1. The van der Waals surface area contributed by atoms with Crippen LogP contribution in [-0.2, 0) is 4.74 Å². The third-order valence-corrected chi connectivity index (χ3v) is 2.55. The van der Waals surface area contributed by atoms with Crippen molar-refractivity contribution < 1.29 is 9.13 Å². The van der Waals surface area contributed by atoms with Gasteiger partial charge in [-0.3, -0.25) is 0 Å². The number of hydrogen-bond acceptors (Lipinski definition) is 3. The molecular formula is C11H14FN3O. The van der Waals surface area contributed by atoms with Crippen LogP contribution in [0.5, 0.6) is 0 Å². The van der Waals surface area contributed by atoms with Gasteiger partial charge in [0.2, 0.25) is 5.95 Å². The summed E-state index contributed by atoms with van der Waals surface area (Å²) in [5, 5.41) is 0. The molecule has 0 aliphatic heterocycles. The monoisotopic (exact) mass is 223 g/mol. The molecule has 2 rings (SSSR count). The molecule has 0 aliphatic rings. The van der Waals surface area contributed by atoms with Gasteiger partial charge in [-0.1, -0.05) is 6.07 Å².